The molecule has 64 valence electrons. The summed E-state index contributed by atoms with van der Waals surface area (Å²) >= 11 is 1.61. The first-order valence-electron chi connectivity index (χ1n) is 3.54. The van der Waals surface area contributed by atoms with Crippen molar-refractivity contribution < 1.29 is 9.53 Å². The van der Waals surface area contributed by atoms with Gasteiger partial charge in [-0.15, -0.1) is 11.3 Å². The number of methoxy groups -OCH3 is 1. The Hall–Kier alpha value is -1.09. The lowest BCUT2D eigenvalue weighted by molar-refractivity contribution is -0.134. The lowest BCUT2D eigenvalue weighted by Crippen LogP contribution is -1.92. The number of thiophene rings is 1. The van der Waals surface area contributed by atoms with E-state index in [2.05, 4.69) is 4.74 Å². The van der Waals surface area contributed by atoms with Crippen LogP contribution in [-0.2, 0) is 9.53 Å². The van der Waals surface area contributed by atoms with Crippen molar-refractivity contribution in [1.29, 1.82) is 0 Å². The fraction of sp³-hybridized carbons (Fsp3) is 0.222. The monoisotopic (exact) mass is 182 g/mol. The number of esters is 1. The number of carbonyl (C=O) groups excluding carboxylic acids is 1. The van der Waals surface area contributed by atoms with Crippen molar-refractivity contribution >= 4 is 23.4 Å². The minimum absolute atomic E-state index is 0.317. The van der Waals surface area contributed by atoms with E-state index in [1.54, 1.807) is 17.4 Å². The number of carbonyl (C=O) groups is 1. The first kappa shape index (κ1) is 9.00. The van der Waals surface area contributed by atoms with Gasteiger partial charge in [0.2, 0.25) is 0 Å². The molecular formula is C9H10O2S. The second-order valence-corrected chi connectivity index (χ2v) is 3.27. The first-order chi connectivity index (χ1) is 5.74. The van der Waals surface area contributed by atoms with E-state index in [0.717, 1.165) is 4.88 Å². The Morgan fingerprint density at radius 1 is 1.67 bits per heavy atom. The summed E-state index contributed by atoms with van der Waals surface area (Å²) in [6.45, 7) is 2.01. The third-order valence-corrected chi connectivity index (χ3v) is 2.46. The summed E-state index contributed by atoms with van der Waals surface area (Å²) in [7, 11) is 1.37. The molecule has 12 heavy (non-hydrogen) atoms. The maximum Gasteiger partial charge on any atom is 0.330 e. The Kier molecular flexibility index (Phi) is 3.05. The van der Waals surface area contributed by atoms with E-state index in [4.69, 9.17) is 0 Å². The SMILES string of the molecule is COC(=O)/C=C/c1sccc1C. The van der Waals surface area contributed by atoms with E-state index in [9.17, 15) is 4.79 Å². The zero-order valence-corrected chi connectivity index (χ0v) is 7.85. The molecule has 1 heterocycles. The fourth-order valence-corrected chi connectivity index (χ4v) is 1.59. The van der Waals surface area contributed by atoms with Crippen molar-refractivity contribution in [3.63, 3.8) is 0 Å². The van der Waals surface area contributed by atoms with Gasteiger partial charge in [-0.1, -0.05) is 0 Å². The summed E-state index contributed by atoms with van der Waals surface area (Å²) in [6.07, 6.45) is 3.20. The Balaban J connectivity index is 2.69. The zero-order chi connectivity index (χ0) is 8.97. The standard InChI is InChI=1S/C9H10O2S/c1-7-5-6-12-8(7)3-4-9(10)11-2/h3-6H,1-2H3/b4-3+. The summed E-state index contributed by atoms with van der Waals surface area (Å²) in [5.74, 6) is -0.317. The van der Waals surface area contributed by atoms with Crippen LogP contribution in [0.25, 0.3) is 6.08 Å². The van der Waals surface area contributed by atoms with Gasteiger partial charge in [0, 0.05) is 11.0 Å². The molecule has 0 aliphatic rings. The van der Waals surface area contributed by atoms with E-state index in [0.29, 0.717) is 0 Å². The molecule has 0 N–H and O–H groups in total. The van der Waals surface area contributed by atoms with Gasteiger partial charge in [0.25, 0.3) is 0 Å². The van der Waals surface area contributed by atoms with Gasteiger partial charge in [0.1, 0.15) is 0 Å². The average Bonchev–Trinajstić information content (AvgIpc) is 2.47. The molecule has 0 atom stereocenters. The molecule has 0 aromatic carbocycles. The van der Waals surface area contributed by atoms with Crippen LogP contribution in [0, 0.1) is 6.92 Å². The largest absolute Gasteiger partial charge is 0.466 e. The van der Waals surface area contributed by atoms with Crippen LogP contribution < -0.4 is 0 Å². The molecule has 3 heteroatoms. The molecule has 0 saturated heterocycles. The van der Waals surface area contributed by atoms with Gasteiger partial charge in [0.15, 0.2) is 0 Å². The van der Waals surface area contributed by atoms with Crippen molar-refractivity contribution in [2.45, 2.75) is 6.92 Å². The van der Waals surface area contributed by atoms with Crippen LogP contribution in [0.1, 0.15) is 10.4 Å². The van der Waals surface area contributed by atoms with Crippen LogP contribution in [0.4, 0.5) is 0 Å². The molecule has 0 bridgehead atoms. The molecule has 0 saturated carbocycles. The summed E-state index contributed by atoms with van der Waals surface area (Å²) in [5, 5.41) is 1.99. The van der Waals surface area contributed by atoms with Gasteiger partial charge >= 0.3 is 5.97 Å². The van der Waals surface area contributed by atoms with Crippen LogP contribution in [0.15, 0.2) is 17.5 Å². The van der Waals surface area contributed by atoms with E-state index in [-0.39, 0.29) is 5.97 Å². The predicted octanol–water partition coefficient (Wildman–Crippen LogP) is 2.24. The number of rotatable bonds is 2. The highest BCUT2D eigenvalue weighted by Gasteiger charge is 1.95. The van der Waals surface area contributed by atoms with Gasteiger partial charge in [-0.25, -0.2) is 4.79 Å². The van der Waals surface area contributed by atoms with Crippen molar-refractivity contribution in [3.05, 3.63) is 28.0 Å². The van der Waals surface area contributed by atoms with E-state index in [1.165, 1.54) is 18.7 Å². The molecule has 1 aromatic rings. The quantitative estimate of drug-likeness (QED) is 0.518. The number of hydrogen-bond acceptors (Lipinski definition) is 3. The summed E-state index contributed by atoms with van der Waals surface area (Å²) in [6, 6.07) is 2.02. The Morgan fingerprint density at radius 3 is 2.92 bits per heavy atom. The van der Waals surface area contributed by atoms with Crippen LogP contribution >= 0.6 is 11.3 Å². The van der Waals surface area contributed by atoms with Crippen LogP contribution in [-0.4, -0.2) is 13.1 Å². The number of ether oxygens (including phenoxy) is 1. The predicted molar refractivity (Wildman–Crippen MR) is 50.1 cm³/mol. The molecule has 2 nitrogen and oxygen atoms in total. The maximum absolute atomic E-state index is 10.7. The number of hydrogen-bond donors (Lipinski definition) is 0. The summed E-state index contributed by atoms with van der Waals surface area (Å²) in [5.41, 5.74) is 1.18. The molecule has 1 rings (SSSR count). The number of aryl methyl sites for hydroxylation is 1. The van der Waals surface area contributed by atoms with Gasteiger partial charge in [-0.3, -0.25) is 0 Å². The maximum atomic E-state index is 10.7. The Morgan fingerprint density at radius 2 is 2.42 bits per heavy atom. The molecular weight excluding hydrogens is 172 g/mol. The average molecular weight is 182 g/mol. The molecule has 0 radical (unpaired) electrons. The van der Waals surface area contributed by atoms with E-state index < -0.39 is 0 Å². The molecule has 0 unspecified atom stereocenters. The minimum Gasteiger partial charge on any atom is -0.466 e. The van der Waals surface area contributed by atoms with Crippen LogP contribution in [0.5, 0.6) is 0 Å². The summed E-state index contributed by atoms with van der Waals surface area (Å²) in [4.78, 5) is 11.8. The minimum atomic E-state index is -0.317. The smallest absolute Gasteiger partial charge is 0.330 e. The van der Waals surface area contributed by atoms with Gasteiger partial charge < -0.3 is 4.74 Å². The summed E-state index contributed by atoms with van der Waals surface area (Å²) < 4.78 is 4.47. The normalized spacial score (nSPS) is 10.5. The van der Waals surface area contributed by atoms with Gasteiger partial charge in [-0.05, 0) is 30.0 Å². The topological polar surface area (TPSA) is 26.3 Å². The van der Waals surface area contributed by atoms with Crippen molar-refractivity contribution in [2.75, 3.05) is 7.11 Å². The highest BCUT2D eigenvalue weighted by molar-refractivity contribution is 7.11. The van der Waals surface area contributed by atoms with E-state index >= 15 is 0 Å². The second kappa shape index (κ2) is 4.07. The first-order valence-corrected chi connectivity index (χ1v) is 4.42. The fourth-order valence-electron chi connectivity index (χ4n) is 0.767. The lowest BCUT2D eigenvalue weighted by atomic mass is 10.3. The van der Waals surface area contributed by atoms with Crippen LogP contribution in [0.3, 0.4) is 0 Å². The van der Waals surface area contributed by atoms with E-state index in [1.807, 2.05) is 18.4 Å². The molecule has 0 aliphatic carbocycles. The highest BCUT2D eigenvalue weighted by Crippen LogP contribution is 2.16. The van der Waals surface area contributed by atoms with Gasteiger partial charge in [-0.2, -0.15) is 0 Å². The van der Waals surface area contributed by atoms with Crippen molar-refractivity contribution in [2.24, 2.45) is 0 Å². The molecule has 0 fully saturated rings. The van der Waals surface area contributed by atoms with Crippen LogP contribution in [0.2, 0.25) is 0 Å². The van der Waals surface area contributed by atoms with Crippen molar-refractivity contribution in [1.82, 2.24) is 0 Å². The zero-order valence-electron chi connectivity index (χ0n) is 7.03. The highest BCUT2D eigenvalue weighted by atomic mass is 32.1. The third kappa shape index (κ3) is 2.20. The Bertz CT molecular complexity index is 299. The van der Waals surface area contributed by atoms with Crippen molar-refractivity contribution in [3.8, 4) is 0 Å². The molecule has 0 aliphatic heterocycles. The Labute approximate surface area is 75.5 Å². The lowest BCUT2D eigenvalue weighted by Gasteiger charge is -1.90. The molecule has 0 amide bonds. The third-order valence-electron chi connectivity index (χ3n) is 1.47. The molecule has 1 aromatic heterocycles. The van der Waals surface area contributed by atoms with Gasteiger partial charge in [0.05, 0.1) is 7.11 Å². The molecule has 0 spiro atoms. The second-order valence-electron chi connectivity index (χ2n) is 2.32.